The van der Waals surface area contributed by atoms with E-state index in [-0.39, 0.29) is 0 Å². The van der Waals surface area contributed by atoms with Crippen molar-refractivity contribution in [2.45, 2.75) is 44.4 Å². The molecule has 8 heteroatoms. The molecule has 0 bridgehead atoms. The number of sulfonamides is 1. The molecule has 0 amide bonds. The van der Waals surface area contributed by atoms with Gasteiger partial charge in [0.05, 0.1) is 16.8 Å². The maximum atomic E-state index is 13.1. The maximum absolute atomic E-state index is 13.1. The molecule has 1 saturated heterocycles. The summed E-state index contributed by atoms with van der Waals surface area (Å²) < 4.78 is 27.8. The van der Waals surface area contributed by atoms with Crippen LogP contribution in [0.2, 0.25) is 0 Å². The third kappa shape index (κ3) is 5.69. The Hall–Kier alpha value is -2.55. The average Bonchev–Trinajstić information content (AvgIpc) is 3.29. The number of rotatable bonds is 7. The molecule has 1 aliphatic rings. The van der Waals surface area contributed by atoms with Crippen LogP contribution in [0.25, 0.3) is 11.3 Å². The Morgan fingerprint density at radius 3 is 2.58 bits per heavy atom. The lowest BCUT2D eigenvalue weighted by atomic mass is 10.0. The lowest BCUT2D eigenvalue weighted by molar-refractivity contribution is 0.288. The first-order valence-corrected chi connectivity index (χ1v) is 13.6. The number of hydrogen-bond donors (Lipinski definition) is 1. The summed E-state index contributed by atoms with van der Waals surface area (Å²) in [5.74, 6) is 1.07. The molecule has 0 aliphatic carbocycles. The summed E-state index contributed by atoms with van der Waals surface area (Å²) in [6.45, 7) is 7.67. The van der Waals surface area contributed by atoms with Crippen molar-refractivity contribution in [3.05, 3.63) is 65.0 Å². The molecule has 0 spiro atoms. The van der Waals surface area contributed by atoms with Crippen molar-refractivity contribution >= 4 is 32.7 Å². The lowest BCUT2D eigenvalue weighted by Crippen LogP contribution is -2.37. The van der Waals surface area contributed by atoms with Crippen LogP contribution in [0.4, 0.5) is 5.13 Å². The van der Waals surface area contributed by atoms with E-state index in [0.29, 0.717) is 35.0 Å². The Labute approximate surface area is 200 Å². The molecule has 2 heterocycles. The Morgan fingerprint density at radius 1 is 1.15 bits per heavy atom. The molecule has 2 aromatic carbocycles. The predicted octanol–water partition coefficient (Wildman–Crippen LogP) is 5.80. The Kier molecular flexibility index (Phi) is 7.26. The second kappa shape index (κ2) is 10.2. The smallest absolute Gasteiger partial charge is 0.243 e. The van der Waals surface area contributed by atoms with E-state index in [1.807, 2.05) is 23.6 Å². The fraction of sp³-hybridized carbons (Fsp3) is 0.360. The zero-order chi connectivity index (χ0) is 23.4. The van der Waals surface area contributed by atoms with Crippen molar-refractivity contribution in [1.29, 1.82) is 0 Å². The van der Waals surface area contributed by atoms with Gasteiger partial charge in [-0.25, -0.2) is 13.4 Å². The van der Waals surface area contributed by atoms with Gasteiger partial charge in [0.1, 0.15) is 0 Å². The van der Waals surface area contributed by atoms with Crippen LogP contribution in [0.3, 0.4) is 0 Å². The molecule has 0 saturated carbocycles. The van der Waals surface area contributed by atoms with Gasteiger partial charge in [-0.2, -0.15) is 9.41 Å². The standard InChI is InChI=1S/C25H30N4O2S2/c1-18(2)21-9-7-20(8-10-21)16-26-28-25-27-24(17-32-25)22-5-4-6-23(15-22)33(30,31)29-13-11-19(3)12-14-29/h4-10,15-19H,11-14H2,1-3H3,(H,27,28). The monoisotopic (exact) mass is 482 g/mol. The molecule has 0 unspecified atom stereocenters. The molecular formula is C25H30N4O2S2. The van der Waals surface area contributed by atoms with Gasteiger partial charge in [0, 0.05) is 24.0 Å². The molecule has 3 aromatic rings. The van der Waals surface area contributed by atoms with E-state index in [2.05, 4.69) is 48.4 Å². The van der Waals surface area contributed by atoms with Gasteiger partial charge in [-0.05, 0) is 47.9 Å². The summed E-state index contributed by atoms with van der Waals surface area (Å²) in [5.41, 5.74) is 6.78. The van der Waals surface area contributed by atoms with Gasteiger partial charge in [-0.3, -0.25) is 5.43 Å². The molecule has 174 valence electrons. The van der Waals surface area contributed by atoms with Gasteiger partial charge in [0.25, 0.3) is 0 Å². The molecule has 4 rings (SSSR count). The van der Waals surface area contributed by atoms with Crippen LogP contribution in [0.5, 0.6) is 0 Å². The number of nitrogens with one attached hydrogen (secondary N) is 1. The van der Waals surface area contributed by atoms with Gasteiger partial charge in [-0.1, -0.05) is 57.2 Å². The minimum Gasteiger partial charge on any atom is -0.253 e. The van der Waals surface area contributed by atoms with Gasteiger partial charge < -0.3 is 0 Å². The van der Waals surface area contributed by atoms with Crippen molar-refractivity contribution in [3.63, 3.8) is 0 Å². The molecule has 1 aliphatic heterocycles. The van der Waals surface area contributed by atoms with E-state index in [1.165, 1.54) is 16.9 Å². The highest BCUT2D eigenvalue weighted by molar-refractivity contribution is 7.89. The van der Waals surface area contributed by atoms with E-state index in [0.717, 1.165) is 29.7 Å². The van der Waals surface area contributed by atoms with Crippen LogP contribution in [0.15, 0.2) is 63.9 Å². The first-order valence-electron chi connectivity index (χ1n) is 11.3. The van der Waals surface area contributed by atoms with Crippen LogP contribution >= 0.6 is 11.3 Å². The van der Waals surface area contributed by atoms with Crippen molar-refractivity contribution < 1.29 is 8.42 Å². The normalized spacial score (nSPS) is 16.0. The number of benzene rings is 2. The van der Waals surface area contributed by atoms with Gasteiger partial charge in [-0.15, -0.1) is 11.3 Å². The van der Waals surface area contributed by atoms with Crippen molar-refractivity contribution in [1.82, 2.24) is 9.29 Å². The van der Waals surface area contributed by atoms with E-state index in [4.69, 9.17) is 0 Å². The molecule has 6 nitrogen and oxygen atoms in total. The SMILES string of the molecule is CC1CCN(S(=O)(=O)c2cccc(-c3csc(NN=Cc4ccc(C(C)C)cc4)n3)c2)CC1. The van der Waals surface area contributed by atoms with Crippen molar-refractivity contribution in [2.24, 2.45) is 11.0 Å². The summed E-state index contributed by atoms with van der Waals surface area (Å²) in [6.07, 6.45) is 3.57. The zero-order valence-corrected chi connectivity index (χ0v) is 20.9. The fourth-order valence-electron chi connectivity index (χ4n) is 3.78. The highest BCUT2D eigenvalue weighted by Crippen LogP contribution is 2.29. The van der Waals surface area contributed by atoms with Crippen LogP contribution < -0.4 is 5.43 Å². The maximum Gasteiger partial charge on any atom is 0.243 e. The van der Waals surface area contributed by atoms with Crippen LogP contribution in [0, 0.1) is 5.92 Å². The molecule has 1 N–H and O–H groups in total. The highest BCUT2D eigenvalue weighted by Gasteiger charge is 2.28. The zero-order valence-electron chi connectivity index (χ0n) is 19.2. The fourth-order valence-corrected chi connectivity index (χ4v) is 5.96. The number of nitrogens with zero attached hydrogens (tertiary/aromatic N) is 3. The number of piperidine rings is 1. The first-order chi connectivity index (χ1) is 15.8. The second-order valence-corrected chi connectivity index (χ2v) is 11.6. The number of hydrogen-bond acceptors (Lipinski definition) is 6. The summed E-state index contributed by atoms with van der Waals surface area (Å²) >= 11 is 1.43. The summed E-state index contributed by atoms with van der Waals surface area (Å²) in [7, 11) is -3.49. The average molecular weight is 483 g/mol. The lowest BCUT2D eigenvalue weighted by Gasteiger charge is -2.29. The molecule has 33 heavy (non-hydrogen) atoms. The largest absolute Gasteiger partial charge is 0.253 e. The third-order valence-corrected chi connectivity index (χ3v) is 8.63. The Morgan fingerprint density at radius 2 is 1.88 bits per heavy atom. The Balaban J connectivity index is 1.44. The van der Waals surface area contributed by atoms with Gasteiger partial charge in [0.15, 0.2) is 0 Å². The highest BCUT2D eigenvalue weighted by atomic mass is 32.2. The van der Waals surface area contributed by atoms with E-state index in [1.54, 1.807) is 28.7 Å². The van der Waals surface area contributed by atoms with Crippen LogP contribution in [0.1, 0.15) is 50.7 Å². The first kappa shape index (κ1) is 23.6. The topological polar surface area (TPSA) is 74.7 Å². The number of aromatic nitrogens is 1. The molecule has 0 radical (unpaired) electrons. The van der Waals surface area contributed by atoms with Crippen molar-refractivity contribution in [2.75, 3.05) is 18.5 Å². The van der Waals surface area contributed by atoms with Gasteiger partial charge in [0.2, 0.25) is 15.2 Å². The quantitative estimate of drug-likeness (QED) is 0.341. The number of hydrazone groups is 1. The Bertz CT molecular complexity index is 1210. The second-order valence-electron chi connectivity index (χ2n) is 8.84. The third-order valence-electron chi connectivity index (χ3n) is 5.99. The molecule has 1 aromatic heterocycles. The summed E-state index contributed by atoms with van der Waals surface area (Å²) in [5, 5.41) is 6.85. The summed E-state index contributed by atoms with van der Waals surface area (Å²) in [4.78, 5) is 4.90. The minimum atomic E-state index is -3.49. The van der Waals surface area contributed by atoms with E-state index >= 15 is 0 Å². The molecular weight excluding hydrogens is 452 g/mol. The van der Waals surface area contributed by atoms with Crippen LogP contribution in [-0.4, -0.2) is 37.0 Å². The minimum absolute atomic E-state index is 0.319. The molecule has 1 fully saturated rings. The van der Waals surface area contributed by atoms with E-state index in [9.17, 15) is 8.42 Å². The van der Waals surface area contributed by atoms with Gasteiger partial charge >= 0.3 is 0 Å². The van der Waals surface area contributed by atoms with Crippen molar-refractivity contribution in [3.8, 4) is 11.3 Å². The predicted molar refractivity (Wildman–Crippen MR) is 136 cm³/mol. The van der Waals surface area contributed by atoms with Crippen LogP contribution in [-0.2, 0) is 10.0 Å². The summed E-state index contributed by atoms with van der Waals surface area (Å²) in [6, 6.07) is 15.3. The number of thiazole rings is 1. The molecule has 0 atom stereocenters. The van der Waals surface area contributed by atoms with E-state index < -0.39 is 10.0 Å². The number of anilines is 1.